The van der Waals surface area contributed by atoms with E-state index >= 15 is 0 Å². The fourth-order valence-electron chi connectivity index (χ4n) is 2.09. The van der Waals surface area contributed by atoms with Crippen molar-refractivity contribution >= 4 is 21.9 Å². The van der Waals surface area contributed by atoms with Crippen LogP contribution in [0.15, 0.2) is 53.0 Å². The Balaban J connectivity index is 2.32. The smallest absolute Gasteiger partial charge is 0.311 e. The number of hydrogen-bond donors (Lipinski definition) is 1. The molecule has 0 aromatic heterocycles. The van der Waals surface area contributed by atoms with Crippen LogP contribution in [0.2, 0.25) is 0 Å². The molecule has 2 aromatic rings. The van der Waals surface area contributed by atoms with Gasteiger partial charge in [0, 0.05) is 4.47 Å². The fourth-order valence-corrected chi connectivity index (χ4v) is 2.50. The monoisotopic (exact) mass is 334 g/mol. The summed E-state index contributed by atoms with van der Waals surface area (Å²) in [5, 5.41) is 9.46. The Morgan fingerprint density at radius 3 is 2.55 bits per heavy atom. The van der Waals surface area contributed by atoms with Crippen molar-refractivity contribution < 1.29 is 14.6 Å². The molecule has 1 N–H and O–H groups in total. The molecule has 0 saturated heterocycles. The molecule has 0 bridgehead atoms. The van der Waals surface area contributed by atoms with Crippen molar-refractivity contribution in [3.63, 3.8) is 0 Å². The molecule has 0 spiro atoms. The predicted octanol–water partition coefficient (Wildman–Crippen LogP) is 3.87. The van der Waals surface area contributed by atoms with E-state index in [-0.39, 0.29) is 0 Å². The maximum Gasteiger partial charge on any atom is 0.311 e. The first-order chi connectivity index (χ1) is 9.61. The van der Waals surface area contributed by atoms with Crippen LogP contribution in [-0.4, -0.2) is 18.2 Å². The number of benzene rings is 2. The van der Waals surface area contributed by atoms with Gasteiger partial charge >= 0.3 is 5.97 Å². The average molecular weight is 335 g/mol. The van der Waals surface area contributed by atoms with Crippen LogP contribution in [0.4, 0.5) is 0 Å². The Labute approximate surface area is 126 Å². The lowest BCUT2D eigenvalue weighted by Crippen LogP contribution is -2.14. The van der Waals surface area contributed by atoms with Crippen LogP contribution in [0.25, 0.3) is 0 Å². The van der Waals surface area contributed by atoms with E-state index in [4.69, 9.17) is 4.74 Å². The van der Waals surface area contributed by atoms with E-state index in [2.05, 4.69) is 15.9 Å². The Hall–Kier alpha value is -1.81. The molecular formula is C16H15BrO3. The molecule has 3 nitrogen and oxygen atoms in total. The van der Waals surface area contributed by atoms with E-state index in [0.717, 1.165) is 21.3 Å². The van der Waals surface area contributed by atoms with Gasteiger partial charge in [-0.05, 0) is 35.7 Å². The third-order valence-electron chi connectivity index (χ3n) is 3.18. The average Bonchev–Trinajstić information content (AvgIpc) is 2.47. The molecule has 0 saturated carbocycles. The quantitative estimate of drug-likeness (QED) is 0.902. The number of ether oxygens (including phenoxy) is 1. The van der Waals surface area contributed by atoms with Crippen molar-refractivity contribution in [1.82, 2.24) is 0 Å². The van der Waals surface area contributed by atoms with Crippen LogP contribution < -0.4 is 4.74 Å². The van der Waals surface area contributed by atoms with Crippen LogP contribution in [0.3, 0.4) is 0 Å². The molecule has 0 aliphatic carbocycles. The first-order valence-corrected chi connectivity index (χ1v) is 7.01. The zero-order valence-electron chi connectivity index (χ0n) is 11.0. The molecule has 2 aromatic carbocycles. The number of carboxylic acids is 1. The van der Waals surface area contributed by atoms with E-state index in [9.17, 15) is 9.90 Å². The van der Waals surface area contributed by atoms with Gasteiger partial charge in [-0.15, -0.1) is 0 Å². The molecule has 4 heteroatoms. The summed E-state index contributed by atoms with van der Waals surface area (Å²) < 4.78 is 6.08. The van der Waals surface area contributed by atoms with Crippen LogP contribution in [0.1, 0.15) is 17.0 Å². The highest BCUT2D eigenvalue weighted by Gasteiger charge is 2.21. The Morgan fingerprint density at radius 2 is 1.95 bits per heavy atom. The van der Waals surface area contributed by atoms with Crippen molar-refractivity contribution in [2.75, 3.05) is 7.11 Å². The highest BCUT2D eigenvalue weighted by atomic mass is 79.9. The summed E-state index contributed by atoms with van der Waals surface area (Å²) in [7, 11) is 1.60. The minimum Gasteiger partial charge on any atom is -0.497 e. The minimum absolute atomic E-state index is 0.414. The predicted molar refractivity (Wildman–Crippen MR) is 81.2 cm³/mol. The first-order valence-electron chi connectivity index (χ1n) is 6.22. The van der Waals surface area contributed by atoms with Crippen LogP contribution >= 0.6 is 15.9 Å². The molecule has 0 aliphatic heterocycles. The lowest BCUT2D eigenvalue weighted by molar-refractivity contribution is -0.138. The summed E-state index contributed by atoms with van der Waals surface area (Å²) in [5.41, 5.74) is 1.72. The number of hydrogen-bond acceptors (Lipinski definition) is 2. The summed E-state index contributed by atoms with van der Waals surface area (Å²) in [6.07, 6.45) is 0.414. The van der Waals surface area contributed by atoms with Gasteiger partial charge in [-0.25, -0.2) is 0 Å². The zero-order chi connectivity index (χ0) is 14.5. The maximum absolute atomic E-state index is 11.5. The number of methoxy groups -OCH3 is 1. The molecule has 104 valence electrons. The molecule has 0 aliphatic rings. The normalized spacial score (nSPS) is 11.9. The van der Waals surface area contributed by atoms with E-state index in [1.807, 2.05) is 48.5 Å². The highest BCUT2D eigenvalue weighted by Crippen LogP contribution is 2.28. The lowest BCUT2D eigenvalue weighted by atomic mass is 9.92. The number of carboxylic acid groups (broad SMARTS) is 1. The van der Waals surface area contributed by atoms with E-state index in [1.54, 1.807) is 7.11 Å². The number of carbonyl (C=O) groups is 1. The van der Waals surface area contributed by atoms with Crippen LogP contribution in [0, 0.1) is 0 Å². The van der Waals surface area contributed by atoms with Gasteiger partial charge in [0.25, 0.3) is 0 Å². The zero-order valence-corrected chi connectivity index (χ0v) is 12.6. The largest absolute Gasteiger partial charge is 0.497 e. The molecular weight excluding hydrogens is 320 g/mol. The first kappa shape index (κ1) is 14.6. The van der Waals surface area contributed by atoms with Gasteiger partial charge in [0.05, 0.1) is 13.0 Å². The van der Waals surface area contributed by atoms with Crippen LogP contribution in [-0.2, 0) is 11.2 Å². The second-order valence-electron chi connectivity index (χ2n) is 4.46. The molecule has 0 heterocycles. The number of rotatable bonds is 5. The van der Waals surface area contributed by atoms with Crippen molar-refractivity contribution in [1.29, 1.82) is 0 Å². The molecule has 0 amide bonds. The van der Waals surface area contributed by atoms with Crippen molar-refractivity contribution in [3.8, 4) is 5.75 Å². The van der Waals surface area contributed by atoms with Gasteiger partial charge in [0.2, 0.25) is 0 Å². The van der Waals surface area contributed by atoms with E-state index in [1.165, 1.54) is 0 Å². The third kappa shape index (κ3) is 3.39. The Morgan fingerprint density at radius 1 is 1.25 bits per heavy atom. The second-order valence-corrected chi connectivity index (χ2v) is 5.32. The third-order valence-corrected chi connectivity index (χ3v) is 3.95. The molecule has 2 rings (SSSR count). The topological polar surface area (TPSA) is 46.5 Å². The summed E-state index contributed by atoms with van der Waals surface area (Å²) in [4.78, 5) is 11.5. The van der Waals surface area contributed by atoms with Crippen molar-refractivity contribution in [2.24, 2.45) is 0 Å². The summed E-state index contributed by atoms with van der Waals surface area (Å²) >= 11 is 3.46. The Bertz CT molecular complexity index is 596. The fraction of sp³-hybridized carbons (Fsp3) is 0.188. The summed E-state index contributed by atoms with van der Waals surface area (Å²) in [6.45, 7) is 0. The van der Waals surface area contributed by atoms with Gasteiger partial charge in [-0.2, -0.15) is 0 Å². The minimum atomic E-state index is -0.828. The van der Waals surface area contributed by atoms with Crippen molar-refractivity contribution in [2.45, 2.75) is 12.3 Å². The van der Waals surface area contributed by atoms with Gasteiger partial charge in [0.1, 0.15) is 5.75 Å². The SMILES string of the molecule is COc1ccc(Br)c(CC(C(=O)O)c2ccccc2)c1. The van der Waals surface area contributed by atoms with Gasteiger partial charge < -0.3 is 9.84 Å². The van der Waals surface area contributed by atoms with Gasteiger partial charge in [-0.3, -0.25) is 4.79 Å². The lowest BCUT2D eigenvalue weighted by Gasteiger charge is -2.14. The highest BCUT2D eigenvalue weighted by molar-refractivity contribution is 9.10. The second kappa shape index (κ2) is 6.57. The summed E-state index contributed by atoms with van der Waals surface area (Å²) in [6, 6.07) is 14.8. The van der Waals surface area contributed by atoms with E-state index < -0.39 is 11.9 Å². The molecule has 1 atom stereocenters. The molecule has 1 unspecified atom stereocenters. The number of halogens is 1. The van der Waals surface area contributed by atoms with Gasteiger partial charge in [0.15, 0.2) is 0 Å². The Kier molecular flexibility index (Phi) is 4.79. The van der Waals surface area contributed by atoms with Gasteiger partial charge in [-0.1, -0.05) is 46.3 Å². The number of aliphatic carboxylic acids is 1. The van der Waals surface area contributed by atoms with Crippen molar-refractivity contribution in [3.05, 3.63) is 64.1 Å². The van der Waals surface area contributed by atoms with Crippen LogP contribution in [0.5, 0.6) is 5.75 Å². The maximum atomic E-state index is 11.5. The molecule has 0 fully saturated rings. The van der Waals surface area contributed by atoms with E-state index in [0.29, 0.717) is 6.42 Å². The summed E-state index contributed by atoms with van der Waals surface area (Å²) in [5.74, 6) is -0.675. The molecule has 0 radical (unpaired) electrons. The molecule has 20 heavy (non-hydrogen) atoms. The standard InChI is InChI=1S/C16H15BrO3/c1-20-13-7-8-15(17)12(9-13)10-14(16(18)19)11-5-3-2-4-6-11/h2-9,14H,10H2,1H3,(H,18,19).